The normalized spacial score (nSPS) is 10.3. The average Bonchev–Trinajstić information content (AvgIpc) is 2.48. The van der Waals surface area contributed by atoms with Crippen LogP contribution in [0.1, 0.15) is 15.9 Å². The van der Waals surface area contributed by atoms with Gasteiger partial charge in [0, 0.05) is 15.9 Å². The maximum atomic E-state index is 11.0. The molecule has 0 saturated heterocycles. The van der Waals surface area contributed by atoms with Crippen molar-refractivity contribution in [2.24, 2.45) is 0 Å². The van der Waals surface area contributed by atoms with Crippen molar-refractivity contribution < 1.29 is 24.7 Å². The molecule has 23 heavy (non-hydrogen) atoms. The predicted molar refractivity (Wildman–Crippen MR) is 82.0 cm³/mol. The largest absolute Gasteiger partial charge is 0.481 e. The van der Waals surface area contributed by atoms with Gasteiger partial charge in [0.25, 0.3) is 5.69 Å². The van der Waals surface area contributed by atoms with E-state index in [-0.39, 0.29) is 12.0 Å². The lowest BCUT2D eigenvalue weighted by Crippen LogP contribution is -2.02. The van der Waals surface area contributed by atoms with Crippen molar-refractivity contribution in [1.29, 1.82) is 0 Å². The first-order valence-electron chi connectivity index (χ1n) is 6.37. The summed E-state index contributed by atoms with van der Waals surface area (Å²) >= 11 is 1.22. The van der Waals surface area contributed by atoms with Crippen molar-refractivity contribution >= 4 is 29.4 Å². The van der Waals surface area contributed by atoms with Gasteiger partial charge in [-0.3, -0.25) is 14.9 Å². The Hall–Kier alpha value is -2.87. The van der Waals surface area contributed by atoms with E-state index in [4.69, 9.17) is 10.2 Å². The molecule has 2 N–H and O–H groups in total. The van der Waals surface area contributed by atoms with E-state index in [0.717, 1.165) is 4.90 Å². The number of aliphatic carboxylic acids is 1. The van der Waals surface area contributed by atoms with Crippen LogP contribution in [0.5, 0.6) is 0 Å². The quantitative estimate of drug-likeness (QED) is 0.616. The van der Waals surface area contributed by atoms with Crippen molar-refractivity contribution in [3.05, 3.63) is 63.7 Å². The van der Waals surface area contributed by atoms with E-state index in [1.165, 1.54) is 30.0 Å². The SMILES string of the molecule is O=C(O)Cc1ccc(Sc2ccc(C(=O)O)c([N+](=O)[O-])c2)cc1. The summed E-state index contributed by atoms with van der Waals surface area (Å²) in [6, 6.07) is 10.6. The molecule has 2 aromatic carbocycles. The van der Waals surface area contributed by atoms with Crippen LogP contribution in [-0.2, 0) is 11.2 Å². The van der Waals surface area contributed by atoms with E-state index in [1.807, 2.05) is 0 Å². The molecule has 0 fully saturated rings. The Balaban J connectivity index is 2.23. The Morgan fingerprint density at radius 1 is 1.04 bits per heavy atom. The standard InChI is InChI=1S/C15H11NO6S/c17-14(18)7-9-1-3-10(4-2-9)23-11-5-6-12(15(19)20)13(8-11)16(21)22/h1-6,8H,7H2,(H,17,18)(H,19,20). The van der Waals surface area contributed by atoms with Gasteiger partial charge in [-0.2, -0.15) is 0 Å². The van der Waals surface area contributed by atoms with Crippen molar-refractivity contribution in [3.63, 3.8) is 0 Å². The van der Waals surface area contributed by atoms with Gasteiger partial charge in [0.1, 0.15) is 5.56 Å². The minimum atomic E-state index is -1.36. The summed E-state index contributed by atoms with van der Waals surface area (Å²) in [6.45, 7) is 0. The number of aromatic carboxylic acids is 1. The maximum Gasteiger partial charge on any atom is 0.342 e. The monoisotopic (exact) mass is 333 g/mol. The fraction of sp³-hybridized carbons (Fsp3) is 0.0667. The van der Waals surface area contributed by atoms with Gasteiger partial charge in [-0.25, -0.2) is 4.79 Å². The third-order valence-corrected chi connectivity index (χ3v) is 3.91. The number of nitrogens with zero attached hydrogens (tertiary/aromatic N) is 1. The van der Waals surface area contributed by atoms with Crippen LogP contribution in [0.2, 0.25) is 0 Å². The number of hydrogen-bond donors (Lipinski definition) is 2. The number of rotatable bonds is 6. The summed E-state index contributed by atoms with van der Waals surface area (Å²) in [6.07, 6.45) is -0.0796. The second-order valence-electron chi connectivity index (χ2n) is 4.56. The maximum absolute atomic E-state index is 11.0. The Bertz CT molecular complexity index is 772. The average molecular weight is 333 g/mol. The number of carboxylic acid groups (broad SMARTS) is 2. The van der Waals surface area contributed by atoms with Crippen molar-refractivity contribution in [3.8, 4) is 0 Å². The van der Waals surface area contributed by atoms with Crippen LogP contribution in [-0.4, -0.2) is 27.1 Å². The molecular weight excluding hydrogens is 322 g/mol. The van der Waals surface area contributed by atoms with Crippen molar-refractivity contribution in [2.75, 3.05) is 0 Å². The van der Waals surface area contributed by atoms with Crippen LogP contribution >= 0.6 is 11.8 Å². The van der Waals surface area contributed by atoms with E-state index in [0.29, 0.717) is 10.5 Å². The summed E-state index contributed by atoms with van der Waals surface area (Å²) in [5.41, 5.74) is -0.185. The number of nitro benzene ring substituents is 1. The molecule has 7 nitrogen and oxygen atoms in total. The highest BCUT2D eigenvalue weighted by atomic mass is 32.2. The lowest BCUT2D eigenvalue weighted by atomic mass is 10.2. The van der Waals surface area contributed by atoms with Crippen molar-refractivity contribution in [2.45, 2.75) is 16.2 Å². The number of benzene rings is 2. The molecule has 2 aromatic rings. The van der Waals surface area contributed by atoms with Gasteiger partial charge in [0.05, 0.1) is 11.3 Å². The highest BCUT2D eigenvalue weighted by Crippen LogP contribution is 2.32. The molecule has 0 aliphatic carbocycles. The van der Waals surface area contributed by atoms with E-state index in [9.17, 15) is 19.7 Å². The number of carboxylic acids is 2. The first-order valence-corrected chi connectivity index (χ1v) is 7.19. The molecule has 0 aliphatic rings. The molecule has 0 heterocycles. The fourth-order valence-electron chi connectivity index (χ4n) is 1.89. The van der Waals surface area contributed by atoms with Crippen molar-refractivity contribution in [1.82, 2.24) is 0 Å². The molecule has 0 unspecified atom stereocenters. The van der Waals surface area contributed by atoms with Gasteiger partial charge in [-0.1, -0.05) is 23.9 Å². The molecule has 0 aliphatic heterocycles. The zero-order valence-corrected chi connectivity index (χ0v) is 12.4. The first kappa shape index (κ1) is 16.5. The molecule has 0 spiro atoms. The molecule has 0 aromatic heterocycles. The predicted octanol–water partition coefficient (Wildman–Crippen LogP) is 3.07. The van der Waals surface area contributed by atoms with Crippen LogP contribution in [0.15, 0.2) is 52.3 Å². The lowest BCUT2D eigenvalue weighted by Gasteiger charge is -2.04. The zero-order valence-electron chi connectivity index (χ0n) is 11.6. The third kappa shape index (κ3) is 4.30. The summed E-state index contributed by atoms with van der Waals surface area (Å²) in [5, 5.41) is 28.6. The summed E-state index contributed by atoms with van der Waals surface area (Å²) in [4.78, 5) is 33.1. The van der Waals surface area contributed by atoms with Gasteiger partial charge in [-0.15, -0.1) is 0 Å². The Morgan fingerprint density at radius 2 is 1.65 bits per heavy atom. The van der Waals surface area contributed by atoms with Gasteiger partial charge in [-0.05, 0) is 29.8 Å². The second kappa shape index (κ2) is 6.93. The first-order chi connectivity index (χ1) is 10.9. The van der Waals surface area contributed by atoms with Gasteiger partial charge < -0.3 is 10.2 Å². The molecular formula is C15H11NO6S. The molecule has 0 saturated carbocycles. The van der Waals surface area contributed by atoms with Crippen LogP contribution < -0.4 is 0 Å². The van der Waals surface area contributed by atoms with E-state index in [2.05, 4.69) is 0 Å². The summed E-state index contributed by atoms with van der Waals surface area (Å²) in [5.74, 6) is -2.28. The highest BCUT2D eigenvalue weighted by Gasteiger charge is 2.20. The van der Waals surface area contributed by atoms with Gasteiger partial charge in [0.15, 0.2) is 0 Å². The van der Waals surface area contributed by atoms with Gasteiger partial charge >= 0.3 is 11.9 Å². The number of nitro groups is 1. The Kier molecular flexibility index (Phi) is 4.97. The zero-order chi connectivity index (χ0) is 17.0. The third-order valence-electron chi connectivity index (χ3n) is 2.91. The minimum Gasteiger partial charge on any atom is -0.481 e. The van der Waals surface area contributed by atoms with E-state index in [1.54, 1.807) is 24.3 Å². The van der Waals surface area contributed by atoms with Crippen LogP contribution in [0.3, 0.4) is 0 Å². The minimum absolute atomic E-state index is 0.0796. The summed E-state index contributed by atoms with van der Waals surface area (Å²) in [7, 11) is 0. The smallest absolute Gasteiger partial charge is 0.342 e. The van der Waals surface area contributed by atoms with Crippen LogP contribution in [0, 0.1) is 10.1 Å². The number of hydrogen-bond acceptors (Lipinski definition) is 5. The molecule has 0 amide bonds. The topological polar surface area (TPSA) is 118 Å². The molecule has 2 rings (SSSR count). The summed E-state index contributed by atoms with van der Waals surface area (Å²) < 4.78 is 0. The Morgan fingerprint density at radius 3 is 2.17 bits per heavy atom. The Labute approximate surface area is 134 Å². The second-order valence-corrected chi connectivity index (χ2v) is 5.70. The van der Waals surface area contributed by atoms with E-state index >= 15 is 0 Å². The molecule has 0 radical (unpaired) electrons. The molecule has 8 heteroatoms. The molecule has 0 atom stereocenters. The fourth-order valence-corrected chi connectivity index (χ4v) is 2.74. The van der Waals surface area contributed by atoms with E-state index < -0.39 is 22.5 Å². The highest BCUT2D eigenvalue weighted by molar-refractivity contribution is 7.99. The molecule has 118 valence electrons. The van der Waals surface area contributed by atoms with Crippen LogP contribution in [0.25, 0.3) is 0 Å². The number of carbonyl (C=O) groups is 2. The molecule has 0 bridgehead atoms. The van der Waals surface area contributed by atoms with Crippen LogP contribution in [0.4, 0.5) is 5.69 Å². The van der Waals surface area contributed by atoms with Gasteiger partial charge in [0.2, 0.25) is 0 Å². The lowest BCUT2D eigenvalue weighted by molar-refractivity contribution is -0.385.